The normalized spacial score (nSPS) is 38.4. The molecule has 3 atom stereocenters. The van der Waals surface area contributed by atoms with Crippen LogP contribution < -0.4 is 5.73 Å². The molecule has 0 aromatic carbocycles. The second-order valence-electron chi connectivity index (χ2n) is 7.05. The number of morpholine rings is 1. The van der Waals surface area contributed by atoms with Crippen LogP contribution in [-0.2, 0) is 9.47 Å². The van der Waals surface area contributed by atoms with Crippen molar-refractivity contribution in [1.82, 2.24) is 4.90 Å². The molecule has 1 aliphatic carbocycles. The Balaban J connectivity index is 1.51. The number of hydrogen-bond acceptors (Lipinski definition) is 4. The minimum atomic E-state index is 0.198. The molecule has 2 heterocycles. The lowest BCUT2D eigenvalue weighted by atomic mass is 9.83. The molecule has 2 aliphatic heterocycles. The second kappa shape index (κ2) is 6.30. The van der Waals surface area contributed by atoms with Crippen molar-refractivity contribution in [3.63, 3.8) is 0 Å². The summed E-state index contributed by atoms with van der Waals surface area (Å²) in [5, 5.41) is 0. The van der Waals surface area contributed by atoms with Gasteiger partial charge in [-0.25, -0.2) is 0 Å². The molecule has 4 nitrogen and oxygen atoms in total. The molecule has 0 aromatic rings. The molecule has 0 amide bonds. The van der Waals surface area contributed by atoms with Crippen molar-refractivity contribution in [3.05, 3.63) is 0 Å². The van der Waals surface area contributed by atoms with E-state index < -0.39 is 0 Å². The topological polar surface area (TPSA) is 47.7 Å². The van der Waals surface area contributed by atoms with Gasteiger partial charge in [0.1, 0.15) is 0 Å². The summed E-state index contributed by atoms with van der Waals surface area (Å²) in [5.74, 6) is 0. The van der Waals surface area contributed by atoms with E-state index in [0.29, 0.717) is 18.8 Å². The molecule has 3 fully saturated rings. The second-order valence-corrected chi connectivity index (χ2v) is 7.05. The minimum absolute atomic E-state index is 0.198. The van der Waals surface area contributed by atoms with Gasteiger partial charge in [-0.2, -0.15) is 0 Å². The smallest absolute Gasteiger partial charge is 0.0828 e. The van der Waals surface area contributed by atoms with E-state index in [9.17, 15) is 0 Å². The van der Waals surface area contributed by atoms with Crippen molar-refractivity contribution >= 4 is 0 Å². The van der Waals surface area contributed by atoms with E-state index in [4.69, 9.17) is 15.2 Å². The van der Waals surface area contributed by atoms with Crippen LogP contribution in [-0.4, -0.2) is 55.0 Å². The maximum atomic E-state index is 6.48. The van der Waals surface area contributed by atoms with E-state index in [1.165, 1.54) is 44.9 Å². The molecule has 2 saturated heterocycles. The van der Waals surface area contributed by atoms with Crippen molar-refractivity contribution in [2.75, 3.05) is 26.2 Å². The van der Waals surface area contributed by atoms with Gasteiger partial charge in [-0.3, -0.25) is 4.90 Å². The largest absolute Gasteiger partial charge is 0.371 e. The zero-order valence-electron chi connectivity index (χ0n) is 12.9. The molecule has 0 radical (unpaired) electrons. The van der Waals surface area contributed by atoms with Gasteiger partial charge in [-0.1, -0.05) is 19.3 Å². The van der Waals surface area contributed by atoms with Crippen molar-refractivity contribution in [2.45, 2.75) is 75.8 Å². The summed E-state index contributed by atoms with van der Waals surface area (Å²) >= 11 is 0. The Morgan fingerprint density at radius 1 is 1.10 bits per heavy atom. The van der Waals surface area contributed by atoms with Gasteiger partial charge in [0, 0.05) is 26.2 Å². The number of nitrogens with zero attached hydrogens (tertiary/aromatic N) is 1. The van der Waals surface area contributed by atoms with Gasteiger partial charge < -0.3 is 15.2 Å². The third-order valence-electron chi connectivity index (χ3n) is 5.23. The van der Waals surface area contributed by atoms with Gasteiger partial charge in [-0.05, 0) is 32.6 Å². The first-order chi connectivity index (χ1) is 9.69. The summed E-state index contributed by atoms with van der Waals surface area (Å²) in [7, 11) is 0. The lowest BCUT2D eigenvalue weighted by Crippen LogP contribution is -2.51. The molecule has 2 N–H and O–H groups in total. The first kappa shape index (κ1) is 14.8. The predicted molar refractivity (Wildman–Crippen MR) is 79.8 cm³/mol. The van der Waals surface area contributed by atoms with Crippen LogP contribution in [0.3, 0.4) is 0 Å². The summed E-state index contributed by atoms with van der Waals surface area (Å²) in [6, 6.07) is 0. The molecule has 1 spiro atoms. The SMILES string of the molecule is CC1CN(CC2CCC3(CCCCC3)O2)CC(CN)O1. The zero-order chi connectivity index (χ0) is 14.0. The number of nitrogens with two attached hydrogens (primary N) is 1. The average Bonchev–Trinajstić information content (AvgIpc) is 2.81. The molecule has 0 aromatic heterocycles. The van der Waals surface area contributed by atoms with Gasteiger partial charge in [0.25, 0.3) is 0 Å². The van der Waals surface area contributed by atoms with E-state index in [1.807, 2.05) is 0 Å². The van der Waals surface area contributed by atoms with Crippen LogP contribution >= 0.6 is 0 Å². The first-order valence-corrected chi connectivity index (χ1v) is 8.45. The number of hydrogen-bond donors (Lipinski definition) is 1. The fourth-order valence-corrected chi connectivity index (χ4v) is 4.30. The highest BCUT2D eigenvalue weighted by molar-refractivity contribution is 4.92. The third-order valence-corrected chi connectivity index (χ3v) is 5.23. The molecule has 0 bridgehead atoms. The summed E-state index contributed by atoms with van der Waals surface area (Å²) in [5.41, 5.74) is 6.01. The molecule has 20 heavy (non-hydrogen) atoms. The summed E-state index contributed by atoms with van der Waals surface area (Å²) in [6.45, 7) is 5.81. The van der Waals surface area contributed by atoms with Crippen molar-refractivity contribution < 1.29 is 9.47 Å². The Bertz CT molecular complexity index is 318. The first-order valence-electron chi connectivity index (χ1n) is 8.45. The Hall–Kier alpha value is -0.160. The third kappa shape index (κ3) is 3.35. The highest BCUT2D eigenvalue weighted by Gasteiger charge is 2.41. The fraction of sp³-hybridized carbons (Fsp3) is 1.00. The Kier molecular flexibility index (Phi) is 4.65. The maximum Gasteiger partial charge on any atom is 0.0828 e. The highest BCUT2D eigenvalue weighted by Crippen LogP contribution is 2.42. The zero-order valence-corrected chi connectivity index (χ0v) is 12.9. The van der Waals surface area contributed by atoms with Gasteiger partial charge in [0.05, 0.1) is 23.9 Å². The van der Waals surface area contributed by atoms with E-state index in [2.05, 4.69) is 11.8 Å². The Morgan fingerprint density at radius 2 is 1.90 bits per heavy atom. The fourth-order valence-electron chi connectivity index (χ4n) is 4.30. The quantitative estimate of drug-likeness (QED) is 0.859. The molecular formula is C16H30N2O2. The van der Waals surface area contributed by atoms with Crippen molar-refractivity contribution in [3.8, 4) is 0 Å². The highest BCUT2D eigenvalue weighted by atomic mass is 16.5. The molecular weight excluding hydrogens is 252 g/mol. The van der Waals surface area contributed by atoms with Gasteiger partial charge in [0.2, 0.25) is 0 Å². The number of rotatable bonds is 3. The molecule has 3 unspecified atom stereocenters. The van der Waals surface area contributed by atoms with E-state index in [0.717, 1.165) is 19.6 Å². The van der Waals surface area contributed by atoms with Gasteiger partial charge >= 0.3 is 0 Å². The molecule has 3 aliphatic rings. The predicted octanol–water partition coefficient (Wildman–Crippen LogP) is 1.92. The van der Waals surface area contributed by atoms with Crippen LogP contribution in [0.15, 0.2) is 0 Å². The summed E-state index contributed by atoms with van der Waals surface area (Å²) in [4.78, 5) is 2.50. The standard InChI is InChI=1S/C16H30N2O2/c1-13-10-18(12-15(9-17)19-13)11-14-5-8-16(20-14)6-3-2-4-7-16/h13-15H,2-12,17H2,1H3. The van der Waals surface area contributed by atoms with Crippen LogP contribution in [0.5, 0.6) is 0 Å². The van der Waals surface area contributed by atoms with Crippen LogP contribution in [0.25, 0.3) is 0 Å². The summed E-state index contributed by atoms with van der Waals surface area (Å²) < 4.78 is 12.3. The van der Waals surface area contributed by atoms with E-state index in [-0.39, 0.29) is 11.7 Å². The average molecular weight is 282 g/mol. The van der Waals surface area contributed by atoms with E-state index >= 15 is 0 Å². The Labute approximate surface area is 123 Å². The lowest BCUT2D eigenvalue weighted by molar-refractivity contribution is -0.103. The molecule has 4 heteroatoms. The lowest BCUT2D eigenvalue weighted by Gasteiger charge is -2.38. The Morgan fingerprint density at radius 3 is 2.65 bits per heavy atom. The van der Waals surface area contributed by atoms with Gasteiger partial charge in [-0.15, -0.1) is 0 Å². The molecule has 1 saturated carbocycles. The van der Waals surface area contributed by atoms with Crippen LogP contribution in [0, 0.1) is 0 Å². The molecule has 116 valence electrons. The minimum Gasteiger partial charge on any atom is -0.371 e. The number of ether oxygens (including phenoxy) is 2. The van der Waals surface area contributed by atoms with E-state index in [1.54, 1.807) is 0 Å². The van der Waals surface area contributed by atoms with Gasteiger partial charge in [0.15, 0.2) is 0 Å². The summed E-state index contributed by atoms with van der Waals surface area (Å²) in [6.07, 6.45) is 10.1. The van der Waals surface area contributed by atoms with Crippen molar-refractivity contribution in [1.29, 1.82) is 0 Å². The molecule has 3 rings (SSSR count). The van der Waals surface area contributed by atoms with Crippen LogP contribution in [0.2, 0.25) is 0 Å². The van der Waals surface area contributed by atoms with Crippen molar-refractivity contribution in [2.24, 2.45) is 5.73 Å². The van der Waals surface area contributed by atoms with Crippen LogP contribution in [0.1, 0.15) is 51.9 Å². The monoisotopic (exact) mass is 282 g/mol. The van der Waals surface area contributed by atoms with Crippen LogP contribution in [0.4, 0.5) is 0 Å². The maximum absolute atomic E-state index is 6.48.